The molecule has 8 nitrogen and oxygen atoms in total. The molecule has 2 aromatic carbocycles. The monoisotopic (exact) mass is 376 g/mol. The van der Waals surface area contributed by atoms with Gasteiger partial charge in [-0.3, -0.25) is 14.9 Å². The number of anilines is 1. The summed E-state index contributed by atoms with van der Waals surface area (Å²) in [4.78, 5) is 22.1. The molecule has 1 atom stereocenters. The van der Waals surface area contributed by atoms with E-state index in [0.717, 1.165) is 12.1 Å². The Morgan fingerprint density at radius 2 is 1.65 bits per heavy atom. The van der Waals surface area contributed by atoms with Crippen molar-refractivity contribution in [3.8, 4) is 0 Å². The maximum absolute atomic E-state index is 12.6. The van der Waals surface area contributed by atoms with Crippen molar-refractivity contribution in [3.05, 3.63) is 58.6 Å². The molecule has 1 amide bonds. The molecule has 1 aliphatic heterocycles. The van der Waals surface area contributed by atoms with Crippen molar-refractivity contribution < 1.29 is 22.9 Å². The van der Waals surface area contributed by atoms with Crippen LogP contribution in [0.15, 0.2) is 58.3 Å². The van der Waals surface area contributed by atoms with Gasteiger partial charge in [0.2, 0.25) is 15.7 Å². The molecule has 1 unspecified atom stereocenters. The maximum atomic E-state index is 12.6. The number of non-ortho nitro benzene ring substituents is 1. The Labute approximate surface area is 149 Å². The van der Waals surface area contributed by atoms with Gasteiger partial charge in [-0.25, -0.2) is 8.42 Å². The molecular weight excluding hydrogens is 360 g/mol. The lowest BCUT2D eigenvalue weighted by Crippen LogP contribution is -2.22. The molecular formula is C17H16N2O6S. The number of amides is 1. The van der Waals surface area contributed by atoms with E-state index in [2.05, 4.69) is 5.32 Å². The fourth-order valence-electron chi connectivity index (χ4n) is 2.59. The van der Waals surface area contributed by atoms with Crippen molar-refractivity contribution >= 4 is 27.1 Å². The number of nitro groups is 1. The lowest BCUT2D eigenvalue weighted by atomic mass is 10.1. The largest absolute Gasteiger partial charge is 0.381 e. The van der Waals surface area contributed by atoms with Crippen LogP contribution in [0, 0.1) is 16.0 Å². The van der Waals surface area contributed by atoms with E-state index in [0.29, 0.717) is 25.3 Å². The zero-order chi connectivity index (χ0) is 18.7. The van der Waals surface area contributed by atoms with Gasteiger partial charge in [-0.1, -0.05) is 0 Å². The average Bonchev–Trinajstić information content (AvgIpc) is 3.17. The average molecular weight is 376 g/mol. The number of rotatable bonds is 5. The lowest BCUT2D eigenvalue weighted by molar-refractivity contribution is -0.384. The van der Waals surface area contributed by atoms with Crippen molar-refractivity contribution in [2.45, 2.75) is 16.2 Å². The van der Waals surface area contributed by atoms with Gasteiger partial charge in [-0.05, 0) is 42.8 Å². The number of hydrogen-bond acceptors (Lipinski definition) is 6. The number of carbonyl (C=O) groups excluding carboxylic acids is 1. The summed E-state index contributed by atoms with van der Waals surface area (Å²) in [6, 6.07) is 10.5. The van der Waals surface area contributed by atoms with Crippen LogP contribution in [-0.2, 0) is 19.4 Å². The Kier molecular flexibility index (Phi) is 5.01. The Balaban J connectivity index is 1.76. The highest BCUT2D eigenvalue weighted by molar-refractivity contribution is 7.91. The van der Waals surface area contributed by atoms with Crippen LogP contribution >= 0.6 is 0 Å². The minimum Gasteiger partial charge on any atom is -0.381 e. The van der Waals surface area contributed by atoms with E-state index in [9.17, 15) is 23.3 Å². The maximum Gasteiger partial charge on any atom is 0.269 e. The van der Waals surface area contributed by atoms with Crippen LogP contribution in [-0.4, -0.2) is 32.5 Å². The Bertz CT molecular complexity index is 917. The Morgan fingerprint density at radius 3 is 2.15 bits per heavy atom. The molecule has 0 saturated carbocycles. The van der Waals surface area contributed by atoms with E-state index in [1.165, 1.54) is 36.4 Å². The van der Waals surface area contributed by atoms with E-state index < -0.39 is 14.8 Å². The highest BCUT2D eigenvalue weighted by Gasteiger charge is 2.24. The van der Waals surface area contributed by atoms with Crippen molar-refractivity contribution in [2.24, 2.45) is 5.92 Å². The van der Waals surface area contributed by atoms with E-state index >= 15 is 0 Å². The lowest BCUT2D eigenvalue weighted by Gasteiger charge is -2.10. The van der Waals surface area contributed by atoms with Crippen LogP contribution in [0.25, 0.3) is 0 Å². The molecule has 1 heterocycles. The molecule has 0 radical (unpaired) electrons. The van der Waals surface area contributed by atoms with Gasteiger partial charge >= 0.3 is 0 Å². The molecule has 1 saturated heterocycles. The highest BCUT2D eigenvalue weighted by atomic mass is 32.2. The molecule has 26 heavy (non-hydrogen) atoms. The predicted octanol–water partition coefficient (Wildman–Crippen LogP) is 2.40. The molecule has 2 aromatic rings. The first-order valence-corrected chi connectivity index (χ1v) is 9.34. The number of hydrogen-bond donors (Lipinski definition) is 1. The Hall–Kier alpha value is -2.78. The first kappa shape index (κ1) is 18.0. The molecule has 1 N–H and O–H groups in total. The van der Waals surface area contributed by atoms with Crippen LogP contribution in [0.4, 0.5) is 11.4 Å². The van der Waals surface area contributed by atoms with E-state index in [1.807, 2.05) is 0 Å². The summed E-state index contributed by atoms with van der Waals surface area (Å²) in [5, 5.41) is 13.4. The van der Waals surface area contributed by atoms with Crippen LogP contribution in [0.3, 0.4) is 0 Å². The number of ether oxygens (including phenoxy) is 1. The smallest absolute Gasteiger partial charge is 0.269 e. The van der Waals surface area contributed by atoms with Crippen LogP contribution in [0.5, 0.6) is 0 Å². The summed E-state index contributed by atoms with van der Waals surface area (Å²) in [5.74, 6) is -0.355. The van der Waals surface area contributed by atoms with Gasteiger partial charge in [0.15, 0.2) is 0 Å². The number of benzene rings is 2. The fraction of sp³-hybridized carbons (Fsp3) is 0.235. The van der Waals surface area contributed by atoms with E-state index in [-0.39, 0.29) is 27.3 Å². The van der Waals surface area contributed by atoms with Gasteiger partial charge in [-0.2, -0.15) is 0 Å². The van der Waals surface area contributed by atoms with Crippen LogP contribution < -0.4 is 5.32 Å². The molecule has 0 spiro atoms. The standard InChI is InChI=1S/C17H16N2O6S/c20-17(12-9-10-25-11-12)18-13-1-5-15(6-2-13)26(23,24)16-7-3-14(4-8-16)19(21)22/h1-8,12H,9-11H2,(H,18,20). The molecule has 1 aliphatic rings. The number of sulfone groups is 1. The highest BCUT2D eigenvalue weighted by Crippen LogP contribution is 2.24. The van der Waals surface area contributed by atoms with Gasteiger partial charge < -0.3 is 10.1 Å². The second-order valence-corrected chi connectivity index (χ2v) is 7.78. The van der Waals surface area contributed by atoms with Gasteiger partial charge in [0.1, 0.15) is 0 Å². The van der Waals surface area contributed by atoms with Crippen molar-refractivity contribution in [1.82, 2.24) is 0 Å². The normalized spacial score (nSPS) is 17.0. The van der Waals surface area contributed by atoms with E-state index in [1.54, 1.807) is 0 Å². The first-order chi connectivity index (χ1) is 12.4. The van der Waals surface area contributed by atoms with Crippen molar-refractivity contribution in [1.29, 1.82) is 0 Å². The van der Waals surface area contributed by atoms with E-state index in [4.69, 9.17) is 4.74 Å². The molecule has 9 heteroatoms. The van der Waals surface area contributed by atoms with Crippen molar-refractivity contribution in [2.75, 3.05) is 18.5 Å². The number of nitrogens with zero attached hydrogens (tertiary/aromatic N) is 1. The minimum atomic E-state index is -3.80. The quantitative estimate of drug-likeness (QED) is 0.633. The summed E-state index contributed by atoms with van der Waals surface area (Å²) in [6.45, 7) is 0.947. The van der Waals surface area contributed by atoms with Gasteiger partial charge in [0.05, 0.1) is 27.2 Å². The minimum absolute atomic E-state index is 0.0357. The summed E-state index contributed by atoms with van der Waals surface area (Å²) in [7, 11) is -3.80. The zero-order valence-corrected chi connectivity index (χ0v) is 14.4. The number of nitrogens with one attached hydrogen (secondary N) is 1. The van der Waals surface area contributed by atoms with Crippen LogP contribution in [0.2, 0.25) is 0 Å². The predicted molar refractivity (Wildman–Crippen MR) is 92.5 cm³/mol. The van der Waals surface area contributed by atoms with Gasteiger partial charge in [0.25, 0.3) is 5.69 Å². The summed E-state index contributed by atoms with van der Waals surface area (Å²) in [5.41, 5.74) is 0.308. The topological polar surface area (TPSA) is 116 Å². The number of nitro benzene ring substituents is 1. The zero-order valence-electron chi connectivity index (χ0n) is 13.6. The third kappa shape index (κ3) is 3.73. The fourth-order valence-corrected chi connectivity index (χ4v) is 3.85. The molecule has 0 aromatic heterocycles. The van der Waals surface area contributed by atoms with Gasteiger partial charge in [-0.15, -0.1) is 0 Å². The first-order valence-electron chi connectivity index (χ1n) is 7.86. The molecule has 1 fully saturated rings. The molecule has 3 rings (SSSR count). The Morgan fingerprint density at radius 1 is 1.08 bits per heavy atom. The van der Waals surface area contributed by atoms with Gasteiger partial charge in [0, 0.05) is 24.4 Å². The summed E-state index contributed by atoms with van der Waals surface area (Å²) < 4.78 is 30.3. The third-order valence-corrected chi connectivity index (χ3v) is 5.88. The SMILES string of the molecule is O=C(Nc1ccc(S(=O)(=O)c2ccc([N+](=O)[O-])cc2)cc1)C1CCOC1. The molecule has 0 bridgehead atoms. The second kappa shape index (κ2) is 7.22. The second-order valence-electron chi connectivity index (χ2n) is 5.83. The molecule has 0 aliphatic carbocycles. The number of carbonyl (C=O) groups is 1. The third-order valence-electron chi connectivity index (χ3n) is 4.09. The van der Waals surface area contributed by atoms with Crippen LogP contribution in [0.1, 0.15) is 6.42 Å². The van der Waals surface area contributed by atoms with Crippen molar-refractivity contribution in [3.63, 3.8) is 0 Å². The molecule has 136 valence electrons. The summed E-state index contributed by atoms with van der Waals surface area (Å²) >= 11 is 0. The summed E-state index contributed by atoms with van der Waals surface area (Å²) in [6.07, 6.45) is 0.665.